The Kier molecular flexibility index (Phi) is 5.23. The Hall–Kier alpha value is -1.70. The van der Waals surface area contributed by atoms with E-state index in [1.54, 1.807) is 32.0 Å². The van der Waals surface area contributed by atoms with Gasteiger partial charge in [0.1, 0.15) is 0 Å². The largest absolute Gasteiger partial charge is 0.479 e. The van der Waals surface area contributed by atoms with Gasteiger partial charge in [-0.05, 0) is 18.2 Å². The maximum absolute atomic E-state index is 12.2. The molecular formula is C16H20O6S. The normalized spacial score (nSPS) is 32.0. The fraction of sp³-hybridized carbons (Fsp3) is 0.438. The molecule has 2 rings (SSSR count). The van der Waals surface area contributed by atoms with Gasteiger partial charge in [-0.25, -0.2) is 13.2 Å². The Balaban J connectivity index is 2.22. The molecule has 1 aromatic rings. The van der Waals surface area contributed by atoms with Crippen molar-refractivity contribution in [3.63, 3.8) is 0 Å². The lowest BCUT2D eigenvalue weighted by molar-refractivity contribution is -0.182. The second-order valence-electron chi connectivity index (χ2n) is 5.75. The number of hydrogen-bond acceptors (Lipinski definition) is 5. The van der Waals surface area contributed by atoms with Gasteiger partial charge in [-0.1, -0.05) is 32.0 Å². The van der Waals surface area contributed by atoms with Gasteiger partial charge in [0.15, 0.2) is 15.9 Å². The van der Waals surface area contributed by atoms with Crippen LogP contribution in [0.2, 0.25) is 0 Å². The molecule has 1 saturated heterocycles. The van der Waals surface area contributed by atoms with Crippen molar-refractivity contribution in [3.8, 4) is 0 Å². The van der Waals surface area contributed by atoms with E-state index in [4.69, 9.17) is 9.84 Å². The van der Waals surface area contributed by atoms with E-state index in [9.17, 15) is 18.3 Å². The van der Waals surface area contributed by atoms with Gasteiger partial charge < -0.3 is 14.9 Å². The van der Waals surface area contributed by atoms with E-state index >= 15 is 0 Å². The minimum absolute atomic E-state index is 0.142. The Morgan fingerprint density at radius 3 is 2.35 bits per heavy atom. The van der Waals surface area contributed by atoms with Crippen molar-refractivity contribution in [2.45, 2.75) is 37.1 Å². The Morgan fingerprint density at radius 1 is 1.17 bits per heavy atom. The summed E-state index contributed by atoms with van der Waals surface area (Å²) < 4.78 is 29.9. The molecule has 7 heteroatoms. The molecular weight excluding hydrogens is 320 g/mol. The summed E-state index contributed by atoms with van der Waals surface area (Å²) in [6.45, 7) is 3.30. The third-order valence-corrected chi connectivity index (χ3v) is 5.58. The standard InChI is InChI=1S/C16H20O6S/c1-10-13(22-15(16(18)19)11(2)14(10)17)8-9-23(20,21)12-6-4-3-5-7-12/h3-11,13-15,17H,1-2H3,(H,18,19)/b9-8+. The van der Waals surface area contributed by atoms with E-state index in [-0.39, 0.29) is 4.90 Å². The zero-order chi connectivity index (χ0) is 17.2. The molecule has 1 fully saturated rings. The summed E-state index contributed by atoms with van der Waals surface area (Å²) in [4.78, 5) is 11.3. The van der Waals surface area contributed by atoms with Gasteiger partial charge in [0.25, 0.3) is 0 Å². The molecule has 0 aliphatic carbocycles. The number of aliphatic carboxylic acids is 1. The van der Waals surface area contributed by atoms with Crippen LogP contribution in [0.3, 0.4) is 0 Å². The number of ether oxygens (including phenoxy) is 1. The van der Waals surface area contributed by atoms with E-state index in [0.29, 0.717) is 0 Å². The van der Waals surface area contributed by atoms with Crippen molar-refractivity contribution >= 4 is 15.8 Å². The van der Waals surface area contributed by atoms with Crippen LogP contribution in [0, 0.1) is 11.8 Å². The van der Waals surface area contributed by atoms with E-state index in [2.05, 4.69) is 0 Å². The molecule has 1 heterocycles. The number of aliphatic hydroxyl groups excluding tert-OH is 1. The molecule has 0 saturated carbocycles. The number of carbonyl (C=O) groups is 1. The Morgan fingerprint density at radius 2 is 1.78 bits per heavy atom. The van der Waals surface area contributed by atoms with Crippen LogP contribution >= 0.6 is 0 Å². The zero-order valence-corrected chi connectivity index (χ0v) is 13.7. The summed E-state index contributed by atoms with van der Waals surface area (Å²) in [7, 11) is -3.64. The van der Waals surface area contributed by atoms with Crippen LogP contribution in [0.5, 0.6) is 0 Å². The Labute approximate surface area is 135 Å². The summed E-state index contributed by atoms with van der Waals surface area (Å²) in [6, 6.07) is 7.90. The van der Waals surface area contributed by atoms with Gasteiger partial charge in [0.05, 0.1) is 17.1 Å². The van der Waals surface area contributed by atoms with Crippen molar-refractivity contribution in [1.29, 1.82) is 0 Å². The number of rotatable bonds is 4. The van der Waals surface area contributed by atoms with Crippen molar-refractivity contribution in [2.75, 3.05) is 0 Å². The first-order chi connectivity index (χ1) is 10.7. The van der Waals surface area contributed by atoms with Gasteiger partial charge in [-0.2, -0.15) is 0 Å². The van der Waals surface area contributed by atoms with Gasteiger partial charge in [0, 0.05) is 17.2 Å². The topological polar surface area (TPSA) is 101 Å². The fourth-order valence-electron chi connectivity index (χ4n) is 2.64. The van der Waals surface area contributed by atoms with Crippen molar-refractivity contribution in [1.82, 2.24) is 0 Å². The van der Waals surface area contributed by atoms with Gasteiger partial charge in [-0.15, -0.1) is 0 Å². The van der Waals surface area contributed by atoms with E-state index in [0.717, 1.165) is 5.41 Å². The third-order valence-electron chi connectivity index (χ3n) is 4.14. The maximum atomic E-state index is 12.2. The molecule has 1 aliphatic rings. The highest BCUT2D eigenvalue weighted by Crippen LogP contribution is 2.31. The van der Waals surface area contributed by atoms with Crippen LogP contribution in [0.25, 0.3) is 0 Å². The van der Waals surface area contributed by atoms with Gasteiger partial charge >= 0.3 is 5.97 Å². The van der Waals surface area contributed by atoms with Crippen LogP contribution in [0.15, 0.2) is 46.7 Å². The van der Waals surface area contributed by atoms with Crippen molar-refractivity contribution < 1.29 is 28.2 Å². The lowest BCUT2D eigenvalue weighted by Gasteiger charge is -2.39. The highest BCUT2D eigenvalue weighted by molar-refractivity contribution is 7.94. The maximum Gasteiger partial charge on any atom is 0.333 e. The molecule has 5 unspecified atom stereocenters. The summed E-state index contributed by atoms with van der Waals surface area (Å²) in [5.74, 6) is -2.16. The predicted octanol–water partition coefficient (Wildman–Crippen LogP) is 1.46. The molecule has 23 heavy (non-hydrogen) atoms. The Bertz CT molecular complexity index is 682. The lowest BCUT2D eigenvalue weighted by Crippen LogP contribution is -2.51. The van der Waals surface area contributed by atoms with Crippen molar-refractivity contribution in [2.24, 2.45) is 11.8 Å². The molecule has 0 amide bonds. The third kappa shape index (κ3) is 3.80. The van der Waals surface area contributed by atoms with Gasteiger partial charge in [-0.3, -0.25) is 0 Å². The van der Waals surface area contributed by atoms with Crippen molar-refractivity contribution in [3.05, 3.63) is 41.8 Å². The summed E-state index contributed by atoms with van der Waals surface area (Å²) in [5, 5.41) is 20.3. The number of carboxylic acid groups (broad SMARTS) is 1. The second-order valence-corrected chi connectivity index (χ2v) is 7.59. The van der Waals surface area contributed by atoms with E-state index in [1.807, 2.05) is 0 Å². The number of hydrogen-bond donors (Lipinski definition) is 2. The highest BCUT2D eigenvalue weighted by Gasteiger charge is 2.43. The molecule has 1 aliphatic heterocycles. The monoisotopic (exact) mass is 340 g/mol. The smallest absolute Gasteiger partial charge is 0.333 e. The molecule has 6 nitrogen and oxygen atoms in total. The number of aliphatic hydroxyl groups is 1. The first kappa shape index (κ1) is 17.7. The van der Waals surface area contributed by atoms with Gasteiger partial charge in [0.2, 0.25) is 0 Å². The predicted molar refractivity (Wildman–Crippen MR) is 83.4 cm³/mol. The molecule has 5 atom stereocenters. The number of benzene rings is 1. The SMILES string of the molecule is CC1C(/C=C/S(=O)(=O)c2ccccc2)OC(C(=O)O)C(C)C1O. The van der Waals surface area contributed by atoms with Crippen LogP contribution in [-0.2, 0) is 19.4 Å². The minimum Gasteiger partial charge on any atom is -0.479 e. The first-order valence-electron chi connectivity index (χ1n) is 7.28. The van der Waals surface area contributed by atoms with Crippen LogP contribution in [-0.4, -0.2) is 42.9 Å². The molecule has 0 radical (unpaired) electrons. The molecule has 0 spiro atoms. The zero-order valence-electron chi connectivity index (χ0n) is 12.9. The fourth-order valence-corrected chi connectivity index (χ4v) is 3.70. The minimum atomic E-state index is -3.64. The van der Waals surface area contributed by atoms with Crippen LogP contribution in [0.4, 0.5) is 0 Å². The molecule has 0 aromatic heterocycles. The summed E-state index contributed by atoms with van der Waals surface area (Å²) in [6.07, 6.45) is -1.55. The summed E-state index contributed by atoms with van der Waals surface area (Å²) >= 11 is 0. The molecule has 1 aromatic carbocycles. The van der Waals surface area contributed by atoms with Crippen LogP contribution in [0.1, 0.15) is 13.8 Å². The number of sulfone groups is 1. The second kappa shape index (κ2) is 6.82. The van der Waals surface area contributed by atoms with E-state index in [1.165, 1.54) is 18.2 Å². The number of carboxylic acids is 1. The molecule has 2 N–H and O–H groups in total. The highest BCUT2D eigenvalue weighted by atomic mass is 32.2. The first-order valence-corrected chi connectivity index (χ1v) is 8.83. The average Bonchev–Trinajstić information content (AvgIpc) is 2.52. The van der Waals surface area contributed by atoms with Crippen LogP contribution < -0.4 is 0 Å². The average molecular weight is 340 g/mol. The summed E-state index contributed by atoms with van der Waals surface area (Å²) in [5.41, 5.74) is 0. The lowest BCUT2D eigenvalue weighted by atomic mass is 9.83. The van der Waals surface area contributed by atoms with E-state index < -0.39 is 46.0 Å². The molecule has 126 valence electrons. The quantitative estimate of drug-likeness (QED) is 0.860. The molecule has 0 bridgehead atoms.